The van der Waals surface area contributed by atoms with Crippen LogP contribution in [-0.2, 0) is 16.9 Å². The molecule has 2 N–H and O–H groups in total. The first-order valence-corrected chi connectivity index (χ1v) is 11.2. The highest BCUT2D eigenvalue weighted by atomic mass is 16.5. The molecule has 176 valence electrons. The van der Waals surface area contributed by atoms with Gasteiger partial charge in [0, 0.05) is 12.0 Å². The van der Waals surface area contributed by atoms with E-state index in [4.69, 9.17) is 19.4 Å². The molecular weight excluding hydrogens is 434 g/mol. The van der Waals surface area contributed by atoms with Gasteiger partial charge in [-0.15, -0.1) is 5.10 Å². The van der Waals surface area contributed by atoms with E-state index in [0.29, 0.717) is 47.4 Å². The Kier molecular flexibility index (Phi) is 5.84. The van der Waals surface area contributed by atoms with Crippen LogP contribution in [0.15, 0.2) is 42.6 Å². The van der Waals surface area contributed by atoms with Gasteiger partial charge in [-0.1, -0.05) is 23.4 Å². The van der Waals surface area contributed by atoms with E-state index in [2.05, 4.69) is 20.6 Å². The van der Waals surface area contributed by atoms with Crippen molar-refractivity contribution in [2.45, 2.75) is 38.5 Å². The number of methoxy groups -OCH3 is 1. The summed E-state index contributed by atoms with van der Waals surface area (Å²) in [4.78, 5) is 14.1. The van der Waals surface area contributed by atoms with Crippen LogP contribution in [0.1, 0.15) is 31.7 Å². The van der Waals surface area contributed by atoms with Crippen molar-refractivity contribution in [3.63, 3.8) is 0 Å². The Morgan fingerprint density at radius 2 is 2.03 bits per heavy atom. The lowest BCUT2D eigenvalue weighted by molar-refractivity contribution is 0.0736. The summed E-state index contributed by atoms with van der Waals surface area (Å²) in [5.41, 5.74) is 2.33. The molecule has 1 saturated heterocycles. The summed E-state index contributed by atoms with van der Waals surface area (Å²) in [6, 6.07) is 11.5. The second kappa shape index (κ2) is 8.96. The number of aliphatic hydroxyl groups is 1. The average molecular weight is 462 g/mol. The molecule has 1 atom stereocenters. The minimum Gasteiger partial charge on any atom is -0.494 e. The largest absolute Gasteiger partial charge is 0.494 e. The van der Waals surface area contributed by atoms with Crippen LogP contribution in [0.3, 0.4) is 0 Å². The molecule has 0 spiro atoms. The van der Waals surface area contributed by atoms with Crippen molar-refractivity contribution in [2.75, 3.05) is 25.6 Å². The van der Waals surface area contributed by atoms with Gasteiger partial charge >= 0.3 is 0 Å². The lowest BCUT2D eigenvalue weighted by Gasteiger charge is -2.17. The Labute approximate surface area is 197 Å². The van der Waals surface area contributed by atoms with E-state index in [1.54, 1.807) is 31.7 Å². The fraction of sp³-hybridized carbons (Fsp3) is 0.375. The van der Waals surface area contributed by atoms with Crippen LogP contribution in [0.2, 0.25) is 0 Å². The van der Waals surface area contributed by atoms with Crippen LogP contribution in [0.4, 0.5) is 5.95 Å². The zero-order valence-corrected chi connectivity index (χ0v) is 19.4. The van der Waals surface area contributed by atoms with E-state index < -0.39 is 5.60 Å². The van der Waals surface area contributed by atoms with Gasteiger partial charge in [0.25, 0.3) is 0 Å². The van der Waals surface area contributed by atoms with E-state index in [1.807, 2.05) is 36.5 Å². The first-order valence-electron chi connectivity index (χ1n) is 11.2. The predicted octanol–water partition coefficient (Wildman–Crippen LogP) is 2.77. The molecule has 1 aliphatic rings. The quantitative estimate of drug-likeness (QED) is 0.428. The number of para-hydroxylation sites is 1. The number of nitrogens with one attached hydrogen (secondary N) is 1. The van der Waals surface area contributed by atoms with Crippen LogP contribution in [0.5, 0.6) is 5.75 Å². The monoisotopic (exact) mass is 461 g/mol. The van der Waals surface area contributed by atoms with Crippen molar-refractivity contribution in [3.05, 3.63) is 54.0 Å². The molecule has 0 unspecified atom stereocenters. The van der Waals surface area contributed by atoms with Gasteiger partial charge in [0.1, 0.15) is 28.3 Å². The summed E-state index contributed by atoms with van der Waals surface area (Å²) in [5, 5.41) is 23.1. The minimum atomic E-state index is -1.02. The van der Waals surface area contributed by atoms with Crippen LogP contribution >= 0.6 is 0 Å². The lowest BCUT2D eigenvalue weighted by atomic mass is 10.0. The van der Waals surface area contributed by atoms with Crippen LogP contribution in [-0.4, -0.2) is 61.4 Å². The molecule has 0 aliphatic carbocycles. The fourth-order valence-corrected chi connectivity index (χ4v) is 3.94. The number of hydrogen-bond donors (Lipinski definition) is 2. The summed E-state index contributed by atoms with van der Waals surface area (Å²) in [6.45, 7) is 5.18. The maximum Gasteiger partial charge on any atom is 0.224 e. The van der Waals surface area contributed by atoms with E-state index in [9.17, 15) is 5.11 Å². The number of ether oxygens (including phenoxy) is 2. The molecule has 0 amide bonds. The van der Waals surface area contributed by atoms with Crippen molar-refractivity contribution in [1.29, 1.82) is 0 Å². The molecule has 0 saturated carbocycles. The third-order valence-electron chi connectivity index (χ3n) is 5.71. The number of benzene rings is 1. The first kappa shape index (κ1) is 22.2. The summed E-state index contributed by atoms with van der Waals surface area (Å²) < 4.78 is 12.7. The Balaban J connectivity index is 1.50. The number of aromatic nitrogens is 6. The van der Waals surface area contributed by atoms with E-state index >= 15 is 0 Å². The molecular formula is C24H27N7O3. The molecule has 1 aliphatic heterocycles. The Morgan fingerprint density at radius 1 is 1.18 bits per heavy atom. The standard InChI is InChI=1S/C24H27N7O3/c1-24(2,32)20-9-4-6-15(25-20)12-31-13-18(29-30-31)21-17-7-5-8-19(33-3)22(17)28-23(27-21)26-16-10-11-34-14-16/h4-9,13,16,32H,10-12,14H2,1-3H3,(H,26,27,28)/t16-/m0/s1. The van der Waals surface area contributed by atoms with Gasteiger partial charge in [0.15, 0.2) is 0 Å². The minimum absolute atomic E-state index is 0.157. The summed E-state index contributed by atoms with van der Waals surface area (Å²) in [7, 11) is 1.62. The van der Waals surface area contributed by atoms with Crippen molar-refractivity contribution < 1.29 is 14.6 Å². The van der Waals surface area contributed by atoms with Gasteiger partial charge < -0.3 is 19.9 Å². The highest BCUT2D eigenvalue weighted by Crippen LogP contribution is 2.31. The number of rotatable bonds is 7. The normalized spacial score (nSPS) is 16.2. The summed E-state index contributed by atoms with van der Waals surface area (Å²) >= 11 is 0. The predicted molar refractivity (Wildman–Crippen MR) is 127 cm³/mol. The molecule has 1 fully saturated rings. The van der Waals surface area contributed by atoms with Crippen molar-refractivity contribution >= 4 is 16.9 Å². The second-order valence-electron chi connectivity index (χ2n) is 8.83. The maximum atomic E-state index is 10.3. The number of pyridine rings is 1. The summed E-state index contributed by atoms with van der Waals surface area (Å²) in [6.07, 6.45) is 2.73. The van der Waals surface area contributed by atoms with E-state index in [0.717, 1.165) is 24.1 Å². The van der Waals surface area contributed by atoms with Gasteiger partial charge in [-0.25, -0.2) is 14.6 Å². The molecule has 1 aromatic carbocycles. The SMILES string of the molecule is COc1cccc2c(-c3cn(Cc4cccc(C(C)(C)O)n4)nn3)nc(N[C@H]3CCOC3)nc12. The molecule has 3 aromatic heterocycles. The van der Waals surface area contributed by atoms with Gasteiger partial charge in [-0.3, -0.25) is 4.98 Å². The van der Waals surface area contributed by atoms with Gasteiger partial charge in [-0.2, -0.15) is 0 Å². The van der Waals surface area contributed by atoms with Crippen LogP contribution in [0, 0.1) is 0 Å². The molecule has 4 aromatic rings. The first-order chi connectivity index (χ1) is 16.4. The third kappa shape index (κ3) is 4.55. The zero-order chi connectivity index (χ0) is 23.7. The zero-order valence-electron chi connectivity index (χ0n) is 19.4. The number of nitrogens with zero attached hydrogens (tertiary/aromatic N) is 6. The molecule has 10 heteroatoms. The molecule has 10 nitrogen and oxygen atoms in total. The van der Waals surface area contributed by atoms with Crippen molar-refractivity contribution in [1.82, 2.24) is 29.9 Å². The Morgan fingerprint density at radius 3 is 2.79 bits per heavy atom. The Bertz CT molecular complexity index is 1310. The number of anilines is 1. The highest BCUT2D eigenvalue weighted by Gasteiger charge is 2.21. The second-order valence-corrected chi connectivity index (χ2v) is 8.83. The van der Waals surface area contributed by atoms with Gasteiger partial charge in [0.2, 0.25) is 5.95 Å². The van der Waals surface area contributed by atoms with Crippen molar-refractivity contribution in [2.24, 2.45) is 0 Å². The smallest absolute Gasteiger partial charge is 0.224 e. The maximum absolute atomic E-state index is 10.3. The van der Waals surface area contributed by atoms with Crippen LogP contribution < -0.4 is 10.1 Å². The molecule has 4 heterocycles. The molecule has 5 rings (SSSR count). The topological polar surface area (TPSA) is 120 Å². The molecule has 34 heavy (non-hydrogen) atoms. The van der Waals surface area contributed by atoms with Gasteiger partial charge in [-0.05, 0) is 38.5 Å². The van der Waals surface area contributed by atoms with Gasteiger partial charge in [0.05, 0.1) is 43.9 Å². The van der Waals surface area contributed by atoms with Crippen molar-refractivity contribution in [3.8, 4) is 17.1 Å². The number of hydrogen-bond acceptors (Lipinski definition) is 9. The Hall–Kier alpha value is -3.63. The highest BCUT2D eigenvalue weighted by molar-refractivity contribution is 5.95. The third-order valence-corrected chi connectivity index (χ3v) is 5.71. The van der Waals surface area contributed by atoms with E-state index in [-0.39, 0.29) is 6.04 Å². The molecule has 0 radical (unpaired) electrons. The average Bonchev–Trinajstić information content (AvgIpc) is 3.50. The fourth-order valence-electron chi connectivity index (χ4n) is 3.94. The number of fused-ring (bicyclic) bond motifs is 1. The summed E-state index contributed by atoms with van der Waals surface area (Å²) in [5.74, 6) is 1.16. The van der Waals surface area contributed by atoms with Crippen LogP contribution in [0.25, 0.3) is 22.3 Å². The van der Waals surface area contributed by atoms with E-state index in [1.165, 1.54) is 0 Å². The molecule has 0 bridgehead atoms. The lowest BCUT2D eigenvalue weighted by Crippen LogP contribution is -2.20.